The summed E-state index contributed by atoms with van der Waals surface area (Å²) in [6.45, 7) is 4.88. The topological polar surface area (TPSA) is 43.2 Å². The van der Waals surface area contributed by atoms with Crippen molar-refractivity contribution in [2.75, 3.05) is 19.6 Å². The minimum absolute atomic E-state index is 0.206. The normalized spacial score (nSPS) is 21.9. The van der Waals surface area contributed by atoms with Gasteiger partial charge in [-0.1, -0.05) is 6.92 Å². The molecule has 0 aromatic heterocycles. The Kier molecular flexibility index (Phi) is 5.60. The van der Waals surface area contributed by atoms with Crippen molar-refractivity contribution in [1.82, 2.24) is 10.6 Å². The molecule has 1 rings (SSSR count). The molecule has 1 atom stereocenters. The highest BCUT2D eigenvalue weighted by Crippen LogP contribution is 2.16. The maximum Gasteiger partial charge on any atom is 0.220 e. The number of amides is 1. The van der Waals surface area contributed by atoms with Gasteiger partial charge in [0.1, 0.15) is 0 Å². The molecule has 1 aliphatic heterocycles. The fourth-order valence-electron chi connectivity index (χ4n) is 1.78. The average molecular weight is 197 g/mol. The second-order valence-electron chi connectivity index (χ2n) is 4.03. The maximum absolute atomic E-state index is 11.3. The molecule has 81 valence electrons. The van der Waals surface area contributed by atoms with Gasteiger partial charge in [0, 0.05) is 26.1 Å². The van der Waals surface area contributed by atoms with Crippen LogP contribution in [0.4, 0.5) is 0 Å². The molecule has 1 saturated heterocycles. The van der Waals surface area contributed by atoms with Crippen molar-refractivity contribution in [2.24, 2.45) is 5.92 Å². The SMILES string of the molecule is CCCNC(=O)CCC1CCC[N]C1. The van der Waals surface area contributed by atoms with Crippen LogP contribution in [0.1, 0.15) is 39.0 Å². The molecule has 3 nitrogen and oxygen atoms in total. The van der Waals surface area contributed by atoms with Crippen molar-refractivity contribution in [3.05, 3.63) is 0 Å². The summed E-state index contributed by atoms with van der Waals surface area (Å²) in [6.07, 6.45) is 5.18. The molecule has 0 aromatic carbocycles. The van der Waals surface area contributed by atoms with E-state index >= 15 is 0 Å². The first-order valence-corrected chi connectivity index (χ1v) is 5.73. The van der Waals surface area contributed by atoms with E-state index in [1.165, 1.54) is 12.8 Å². The Labute approximate surface area is 86.6 Å². The molecule has 1 fully saturated rings. The zero-order valence-electron chi connectivity index (χ0n) is 9.09. The first-order chi connectivity index (χ1) is 6.83. The fraction of sp³-hybridized carbons (Fsp3) is 0.909. The Morgan fingerprint density at radius 2 is 2.43 bits per heavy atom. The van der Waals surface area contributed by atoms with Crippen molar-refractivity contribution >= 4 is 5.91 Å². The predicted octanol–water partition coefficient (Wildman–Crippen LogP) is 1.31. The quantitative estimate of drug-likeness (QED) is 0.709. The van der Waals surface area contributed by atoms with E-state index in [0.717, 1.165) is 32.5 Å². The number of hydrogen-bond acceptors (Lipinski definition) is 1. The Hall–Kier alpha value is -0.570. The molecular formula is C11H21N2O. The van der Waals surface area contributed by atoms with Gasteiger partial charge in [0.2, 0.25) is 5.91 Å². The van der Waals surface area contributed by atoms with Crippen LogP contribution in [0, 0.1) is 5.92 Å². The Morgan fingerprint density at radius 1 is 1.57 bits per heavy atom. The highest BCUT2D eigenvalue weighted by atomic mass is 16.1. The molecule has 1 radical (unpaired) electrons. The van der Waals surface area contributed by atoms with Crippen molar-refractivity contribution < 1.29 is 4.79 Å². The molecule has 14 heavy (non-hydrogen) atoms. The molecule has 1 aliphatic rings. The van der Waals surface area contributed by atoms with Crippen LogP contribution in [0.5, 0.6) is 0 Å². The van der Waals surface area contributed by atoms with E-state index in [0.29, 0.717) is 12.3 Å². The van der Waals surface area contributed by atoms with Gasteiger partial charge in [0.05, 0.1) is 0 Å². The summed E-state index contributed by atoms with van der Waals surface area (Å²) in [6, 6.07) is 0. The number of carbonyl (C=O) groups excluding carboxylic acids is 1. The smallest absolute Gasteiger partial charge is 0.220 e. The van der Waals surface area contributed by atoms with E-state index in [1.807, 2.05) is 0 Å². The van der Waals surface area contributed by atoms with Crippen LogP contribution in [0.2, 0.25) is 0 Å². The number of nitrogens with zero attached hydrogens (tertiary/aromatic N) is 1. The van der Waals surface area contributed by atoms with E-state index in [1.54, 1.807) is 0 Å². The van der Waals surface area contributed by atoms with Crippen LogP contribution in [0.25, 0.3) is 0 Å². The van der Waals surface area contributed by atoms with Gasteiger partial charge < -0.3 is 5.32 Å². The number of nitrogens with one attached hydrogen (secondary N) is 1. The van der Waals surface area contributed by atoms with Crippen LogP contribution in [0.3, 0.4) is 0 Å². The molecule has 3 heteroatoms. The lowest BCUT2D eigenvalue weighted by molar-refractivity contribution is -0.121. The predicted molar refractivity (Wildman–Crippen MR) is 57.1 cm³/mol. The summed E-state index contributed by atoms with van der Waals surface area (Å²) in [5, 5.41) is 7.27. The first-order valence-electron chi connectivity index (χ1n) is 5.73. The van der Waals surface area contributed by atoms with Crippen LogP contribution < -0.4 is 10.6 Å². The summed E-state index contributed by atoms with van der Waals surface area (Å²) >= 11 is 0. The van der Waals surface area contributed by atoms with Crippen LogP contribution in [0.15, 0.2) is 0 Å². The lowest BCUT2D eigenvalue weighted by Crippen LogP contribution is -2.28. The maximum atomic E-state index is 11.3. The van der Waals surface area contributed by atoms with Crippen molar-refractivity contribution in [3.8, 4) is 0 Å². The van der Waals surface area contributed by atoms with Gasteiger partial charge in [-0.05, 0) is 31.6 Å². The van der Waals surface area contributed by atoms with Gasteiger partial charge >= 0.3 is 0 Å². The molecule has 0 aromatic rings. The third kappa shape index (κ3) is 4.61. The number of piperidine rings is 1. The van der Waals surface area contributed by atoms with E-state index in [2.05, 4.69) is 17.6 Å². The van der Waals surface area contributed by atoms with Crippen molar-refractivity contribution in [2.45, 2.75) is 39.0 Å². The van der Waals surface area contributed by atoms with Gasteiger partial charge in [0.15, 0.2) is 0 Å². The molecule has 1 unspecified atom stereocenters. The lowest BCUT2D eigenvalue weighted by Gasteiger charge is -2.20. The summed E-state index contributed by atoms with van der Waals surface area (Å²) < 4.78 is 0. The van der Waals surface area contributed by atoms with Gasteiger partial charge in [-0.25, -0.2) is 5.32 Å². The van der Waals surface area contributed by atoms with Crippen LogP contribution >= 0.6 is 0 Å². The molecule has 0 saturated carbocycles. The Bertz CT molecular complexity index is 165. The summed E-state index contributed by atoms with van der Waals surface area (Å²) in [7, 11) is 0. The molecule has 0 spiro atoms. The third-order valence-corrected chi connectivity index (χ3v) is 2.67. The van der Waals surface area contributed by atoms with E-state index < -0.39 is 0 Å². The van der Waals surface area contributed by atoms with E-state index in [9.17, 15) is 4.79 Å². The van der Waals surface area contributed by atoms with Gasteiger partial charge in [-0.15, -0.1) is 0 Å². The molecule has 0 bridgehead atoms. The summed E-state index contributed by atoms with van der Waals surface area (Å²) in [4.78, 5) is 11.3. The van der Waals surface area contributed by atoms with Crippen molar-refractivity contribution in [3.63, 3.8) is 0 Å². The number of hydrogen-bond donors (Lipinski definition) is 1. The first kappa shape index (κ1) is 11.5. The highest BCUT2D eigenvalue weighted by Gasteiger charge is 2.14. The Morgan fingerprint density at radius 3 is 3.07 bits per heavy atom. The minimum atomic E-state index is 0.206. The second-order valence-corrected chi connectivity index (χ2v) is 4.03. The highest BCUT2D eigenvalue weighted by molar-refractivity contribution is 5.75. The van der Waals surface area contributed by atoms with E-state index in [-0.39, 0.29) is 5.91 Å². The summed E-state index contributed by atoms with van der Waals surface area (Å²) in [5.74, 6) is 0.869. The molecule has 1 heterocycles. The standard InChI is InChI=1S/C11H21N2O/c1-2-7-13-11(14)6-5-10-4-3-8-12-9-10/h10H,2-9H2,1H3,(H,13,14). The molecule has 0 aliphatic carbocycles. The average Bonchev–Trinajstić information content (AvgIpc) is 2.25. The number of carbonyl (C=O) groups is 1. The van der Waals surface area contributed by atoms with Gasteiger partial charge in [0.25, 0.3) is 0 Å². The van der Waals surface area contributed by atoms with Crippen molar-refractivity contribution in [1.29, 1.82) is 0 Å². The third-order valence-electron chi connectivity index (χ3n) is 2.67. The Balaban J connectivity index is 2.03. The monoisotopic (exact) mass is 197 g/mol. The van der Waals surface area contributed by atoms with Gasteiger partial charge in [-0.3, -0.25) is 4.79 Å². The minimum Gasteiger partial charge on any atom is -0.356 e. The largest absolute Gasteiger partial charge is 0.356 e. The van der Waals surface area contributed by atoms with Gasteiger partial charge in [-0.2, -0.15) is 0 Å². The fourth-order valence-corrected chi connectivity index (χ4v) is 1.78. The molecule has 1 amide bonds. The van der Waals surface area contributed by atoms with E-state index in [4.69, 9.17) is 0 Å². The zero-order valence-corrected chi connectivity index (χ0v) is 9.09. The number of rotatable bonds is 5. The summed E-state index contributed by atoms with van der Waals surface area (Å²) in [5.41, 5.74) is 0. The molecular weight excluding hydrogens is 176 g/mol. The molecule has 1 N–H and O–H groups in total. The second kappa shape index (κ2) is 6.82. The van der Waals surface area contributed by atoms with Crippen LogP contribution in [-0.2, 0) is 4.79 Å². The van der Waals surface area contributed by atoms with Crippen LogP contribution in [-0.4, -0.2) is 25.5 Å². The lowest BCUT2D eigenvalue weighted by atomic mass is 9.94. The zero-order chi connectivity index (χ0) is 10.2.